The van der Waals surface area contributed by atoms with Crippen molar-refractivity contribution >= 4 is 39.1 Å². The average Bonchev–Trinajstić information content (AvgIpc) is 2.83. The standard InChI is InChI=1S/C27H38ClN3O5S/c1-7-20(3)29-27(33)21(4)30(18-22-11-8-10-19(2)16-22)26(32)12-9-15-31(37(6,34)35)23-13-14-25(36-5)24(28)17-23/h8,10-11,13-14,16-17,20-21H,7,9,12,15,18H2,1-6H3,(H,29,33)/t20-,21+/m0/s1. The molecule has 0 unspecified atom stereocenters. The smallest absolute Gasteiger partial charge is 0.242 e. The minimum atomic E-state index is -3.63. The van der Waals surface area contributed by atoms with Crippen molar-refractivity contribution in [3.8, 4) is 5.75 Å². The van der Waals surface area contributed by atoms with E-state index in [9.17, 15) is 18.0 Å². The summed E-state index contributed by atoms with van der Waals surface area (Å²) < 4.78 is 31.4. The maximum atomic E-state index is 13.4. The van der Waals surface area contributed by atoms with Gasteiger partial charge in [-0.2, -0.15) is 0 Å². The molecule has 8 nitrogen and oxygen atoms in total. The van der Waals surface area contributed by atoms with E-state index in [0.717, 1.165) is 23.8 Å². The number of anilines is 1. The molecule has 2 aromatic rings. The second-order valence-electron chi connectivity index (χ2n) is 9.26. The number of amides is 2. The van der Waals surface area contributed by atoms with Crippen molar-refractivity contribution in [2.75, 3.05) is 24.2 Å². The molecule has 10 heteroatoms. The lowest BCUT2D eigenvalue weighted by atomic mass is 10.1. The quantitative estimate of drug-likeness (QED) is 0.394. The van der Waals surface area contributed by atoms with E-state index in [2.05, 4.69) is 5.32 Å². The molecule has 2 aromatic carbocycles. The number of rotatable bonds is 13. The second kappa shape index (κ2) is 13.7. The van der Waals surface area contributed by atoms with Crippen molar-refractivity contribution in [3.63, 3.8) is 0 Å². The Labute approximate surface area is 226 Å². The van der Waals surface area contributed by atoms with Crippen LogP contribution >= 0.6 is 11.6 Å². The van der Waals surface area contributed by atoms with Crippen LogP contribution in [0.15, 0.2) is 42.5 Å². The molecule has 0 fully saturated rings. The molecule has 37 heavy (non-hydrogen) atoms. The van der Waals surface area contributed by atoms with Gasteiger partial charge in [-0.25, -0.2) is 8.42 Å². The Bertz CT molecular complexity index is 1190. The van der Waals surface area contributed by atoms with Gasteiger partial charge in [-0.3, -0.25) is 13.9 Å². The van der Waals surface area contributed by atoms with Gasteiger partial charge in [-0.15, -0.1) is 0 Å². The zero-order chi connectivity index (χ0) is 27.8. The summed E-state index contributed by atoms with van der Waals surface area (Å²) in [6.45, 7) is 7.95. The third-order valence-corrected chi connectivity index (χ3v) is 7.67. The molecule has 0 spiro atoms. The zero-order valence-electron chi connectivity index (χ0n) is 22.5. The highest BCUT2D eigenvalue weighted by atomic mass is 35.5. The van der Waals surface area contributed by atoms with Gasteiger partial charge >= 0.3 is 0 Å². The van der Waals surface area contributed by atoms with Gasteiger partial charge < -0.3 is 15.0 Å². The van der Waals surface area contributed by atoms with Gasteiger partial charge in [-0.1, -0.05) is 48.4 Å². The molecule has 0 aromatic heterocycles. The Morgan fingerprint density at radius 1 is 1.14 bits per heavy atom. The number of nitrogens with one attached hydrogen (secondary N) is 1. The number of benzene rings is 2. The summed E-state index contributed by atoms with van der Waals surface area (Å²) in [5.74, 6) is -0.0130. The minimum Gasteiger partial charge on any atom is -0.495 e. The number of hydrogen-bond acceptors (Lipinski definition) is 5. The fourth-order valence-electron chi connectivity index (χ4n) is 3.87. The summed E-state index contributed by atoms with van der Waals surface area (Å²) in [7, 11) is -2.15. The van der Waals surface area contributed by atoms with Crippen LogP contribution in [-0.2, 0) is 26.2 Å². The molecule has 0 radical (unpaired) electrons. The predicted octanol–water partition coefficient (Wildman–Crippen LogP) is 4.54. The van der Waals surface area contributed by atoms with Crippen molar-refractivity contribution in [2.24, 2.45) is 0 Å². The highest BCUT2D eigenvalue weighted by molar-refractivity contribution is 7.92. The number of aryl methyl sites for hydroxylation is 1. The summed E-state index contributed by atoms with van der Waals surface area (Å²) in [6.07, 6.45) is 2.22. The molecular weight excluding hydrogens is 514 g/mol. The molecule has 204 valence electrons. The first-order valence-electron chi connectivity index (χ1n) is 12.3. The second-order valence-corrected chi connectivity index (χ2v) is 11.6. The molecule has 1 N–H and O–H groups in total. The van der Waals surface area contributed by atoms with Crippen molar-refractivity contribution in [1.29, 1.82) is 0 Å². The molecule has 0 saturated heterocycles. The lowest BCUT2D eigenvalue weighted by Gasteiger charge is -2.30. The Balaban J connectivity index is 2.20. The van der Waals surface area contributed by atoms with E-state index < -0.39 is 16.1 Å². The van der Waals surface area contributed by atoms with E-state index in [4.69, 9.17) is 16.3 Å². The topological polar surface area (TPSA) is 96.0 Å². The van der Waals surface area contributed by atoms with E-state index in [1.807, 2.05) is 45.0 Å². The van der Waals surface area contributed by atoms with Gasteiger partial charge in [0, 0.05) is 25.6 Å². The zero-order valence-corrected chi connectivity index (χ0v) is 24.0. The SMILES string of the molecule is CC[C@H](C)NC(=O)[C@@H](C)N(Cc1cccc(C)c1)C(=O)CCCN(c1ccc(OC)c(Cl)c1)S(C)(=O)=O. The molecule has 0 aliphatic carbocycles. The molecule has 0 bridgehead atoms. The van der Waals surface area contributed by atoms with Gasteiger partial charge in [0.2, 0.25) is 21.8 Å². The van der Waals surface area contributed by atoms with Gasteiger partial charge in [-0.05, 0) is 57.4 Å². The first-order chi connectivity index (χ1) is 17.4. The van der Waals surface area contributed by atoms with Crippen LogP contribution in [0.4, 0.5) is 5.69 Å². The molecular formula is C27H38ClN3O5S. The van der Waals surface area contributed by atoms with Crippen LogP contribution in [0.3, 0.4) is 0 Å². The van der Waals surface area contributed by atoms with E-state index >= 15 is 0 Å². The summed E-state index contributed by atoms with van der Waals surface area (Å²) in [5, 5.41) is 3.24. The fourth-order valence-corrected chi connectivity index (χ4v) is 5.08. The molecule has 2 amide bonds. The fraction of sp³-hybridized carbons (Fsp3) is 0.481. The molecule has 2 atom stereocenters. The number of methoxy groups -OCH3 is 1. The number of carbonyl (C=O) groups excluding carboxylic acids is 2. The Morgan fingerprint density at radius 2 is 1.84 bits per heavy atom. The van der Waals surface area contributed by atoms with Crippen molar-refractivity contribution in [2.45, 2.75) is 65.6 Å². The third kappa shape index (κ3) is 8.93. The predicted molar refractivity (Wildman–Crippen MR) is 149 cm³/mol. The van der Waals surface area contributed by atoms with Gasteiger partial charge in [0.15, 0.2) is 0 Å². The number of carbonyl (C=O) groups is 2. The maximum absolute atomic E-state index is 13.4. The van der Waals surface area contributed by atoms with Crippen LogP contribution in [0.1, 0.15) is 51.2 Å². The van der Waals surface area contributed by atoms with E-state index in [0.29, 0.717) is 11.4 Å². The number of halogens is 1. The minimum absolute atomic E-state index is 0.00879. The first kappa shape index (κ1) is 30.4. The number of hydrogen-bond donors (Lipinski definition) is 1. The average molecular weight is 552 g/mol. The highest BCUT2D eigenvalue weighted by Crippen LogP contribution is 2.30. The van der Waals surface area contributed by atoms with Crippen LogP contribution < -0.4 is 14.4 Å². The van der Waals surface area contributed by atoms with Gasteiger partial charge in [0.25, 0.3) is 0 Å². The van der Waals surface area contributed by atoms with Gasteiger partial charge in [0.05, 0.1) is 24.1 Å². The number of sulfonamides is 1. The molecule has 2 rings (SSSR count). The van der Waals surface area contributed by atoms with Crippen LogP contribution in [0.5, 0.6) is 5.75 Å². The Kier molecular flexibility index (Phi) is 11.3. The normalized spacial score (nSPS) is 12.9. The van der Waals surface area contributed by atoms with E-state index in [1.165, 1.54) is 17.5 Å². The van der Waals surface area contributed by atoms with Crippen LogP contribution in [0.2, 0.25) is 5.02 Å². The maximum Gasteiger partial charge on any atom is 0.242 e. The number of ether oxygens (including phenoxy) is 1. The molecule has 0 aliphatic rings. The van der Waals surface area contributed by atoms with Crippen molar-refractivity contribution < 1.29 is 22.7 Å². The van der Waals surface area contributed by atoms with Crippen LogP contribution in [0, 0.1) is 6.92 Å². The van der Waals surface area contributed by atoms with E-state index in [1.54, 1.807) is 24.0 Å². The highest BCUT2D eigenvalue weighted by Gasteiger charge is 2.27. The Hall–Kier alpha value is -2.78. The third-order valence-electron chi connectivity index (χ3n) is 6.18. The summed E-state index contributed by atoms with van der Waals surface area (Å²) >= 11 is 6.20. The van der Waals surface area contributed by atoms with Crippen molar-refractivity contribution in [1.82, 2.24) is 10.2 Å². The van der Waals surface area contributed by atoms with Crippen LogP contribution in [0.25, 0.3) is 0 Å². The van der Waals surface area contributed by atoms with Crippen LogP contribution in [-0.4, -0.2) is 57.1 Å². The summed E-state index contributed by atoms with van der Waals surface area (Å²) in [5.41, 5.74) is 2.37. The lowest BCUT2D eigenvalue weighted by Crippen LogP contribution is -2.49. The summed E-state index contributed by atoms with van der Waals surface area (Å²) in [4.78, 5) is 27.8. The number of nitrogens with zero attached hydrogens (tertiary/aromatic N) is 2. The Morgan fingerprint density at radius 3 is 2.41 bits per heavy atom. The lowest BCUT2D eigenvalue weighted by molar-refractivity contribution is -0.140. The van der Waals surface area contributed by atoms with E-state index in [-0.39, 0.29) is 48.8 Å². The monoisotopic (exact) mass is 551 g/mol. The molecule has 0 aliphatic heterocycles. The van der Waals surface area contributed by atoms with Crippen molar-refractivity contribution in [3.05, 3.63) is 58.6 Å². The first-order valence-corrected chi connectivity index (χ1v) is 14.6. The molecule has 0 saturated carbocycles. The summed E-state index contributed by atoms with van der Waals surface area (Å²) in [6, 6.07) is 11.8. The van der Waals surface area contributed by atoms with Gasteiger partial charge in [0.1, 0.15) is 11.8 Å². The molecule has 0 heterocycles. The largest absolute Gasteiger partial charge is 0.495 e.